The van der Waals surface area contributed by atoms with Crippen molar-refractivity contribution < 1.29 is 9.53 Å². The van der Waals surface area contributed by atoms with Crippen molar-refractivity contribution in [2.24, 2.45) is 5.73 Å². The van der Waals surface area contributed by atoms with Crippen LogP contribution in [0, 0.1) is 0 Å². The second-order valence-electron chi connectivity index (χ2n) is 4.61. The van der Waals surface area contributed by atoms with Gasteiger partial charge in [-0.05, 0) is 25.7 Å². The number of amides is 1. The highest BCUT2D eigenvalue weighted by Gasteiger charge is 2.36. The van der Waals surface area contributed by atoms with Gasteiger partial charge in [0.25, 0.3) is 0 Å². The molecule has 1 heterocycles. The molecular weight excluding hydrogens is 204 g/mol. The molecule has 1 atom stereocenters. The highest BCUT2D eigenvalue weighted by molar-refractivity contribution is 5.86. The molecule has 0 aliphatic carbocycles. The predicted octanol–water partition coefficient (Wildman–Crippen LogP) is 1.14. The summed E-state index contributed by atoms with van der Waals surface area (Å²) >= 11 is 0. The van der Waals surface area contributed by atoms with Crippen LogP contribution >= 0.6 is 0 Å². The highest BCUT2D eigenvalue weighted by Crippen LogP contribution is 2.20. The maximum Gasteiger partial charge on any atom is 0.242 e. The minimum atomic E-state index is -0.685. The average Bonchev–Trinajstić information content (AvgIpc) is 2.37. The number of nitrogens with zero attached hydrogens (tertiary/aromatic N) is 1. The Labute approximate surface area is 98.1 Å². The predicted molar refractivity (Wildman–Crippen MR) is 64.1 cm³/mol. The summed E-state index contributed by atoms with van der Waals surface area (Å²) in [5, 5.41) is 0. The summed E-state index contributed by atoms with van der Waals surface area (Å²) in [6.07, 6.45) is 3.60. The molecule has 4 heteroatoms. The lowest BCUT2D eigenvalue weighted by atomic mass is 9.91. The lowest BCUT2D eigenvalue weighted by Crippen LogP contribution is -2.57. The van der Waals surface area contributed by atoms with Crippen LogP contribution in [0.1, 0.15) is 39.5 Å². The van der Waals surface area contributed by atoms with E-state index in [-0.39, 0.29) is 12.0 Å². The monoisotopic (exact) mass is 228 g/mol. The Hall–Kier alpha value is -0.610. The van der Waals surface area contributed by atoms with E-state index >= 15 is 0 Å². The number of likely N-dealkylation sites (tertiary alicyclic amines) is 1. The van der Waals surface area contributed by atoms with E-state index in [9.17, 15) is 4.79 Å². The second kappa shape index (κ2) is 5.64. The van der Waals surface area contributed by atoms with Crippen LogP contribution in [0.3, 0.4) is 0 Å². The van der Waals surface area contributed by atoms with Gasteiger partial charge in [0.15, 0.2) is 0 Å². The molecule has 4 nitrogen and oxygen atoms in total. The smallest absolute Gasteiger partial charge is 0.242 e. The number of nitrogens with two attached hydrogens (primary N) is 1. The van der Waals surface area contributed by atoms with E-state index < -0.39 is 5.54 Å². The first-order valence-electron chi connectivity index (χ1n) is 6.18. The van der Waals surface area contributed by atoms with E-state index in [1.807, 2.05) is 18.7 Å². The fourth-order valence-corrected chi connectivity index (χ4v) is 2.18. The van der Waals surface area contributed by atoms with Crippen molar-refractivity contribution in [1.82, 2.24) is 4.90 Å². The van der Waals surface area contributed by atoms with Gasteiger partial charge in [0.2, 0.25) is 5.91 Å². The molecule has 1 aliphatic rings. The Bertz CT molecular complexity index is 239. The summed E-state index contributed by atoms with van der Waals surface area (Å²) < 4.78 is 5.32. The summed E-state index contributed by atoms with van der Waals surface area (Å²) in [6.45, 7) is 5.45. The van der Waals surface area contributed by atoms with Gasteiger partial charge in [-0.25, -0.2) is 0 Å². The summed E-state index contributed by atoms with van der Waals surface area (Å²) in [4.78, 5) is 14.2. The zero-order valence-electron chi connectivity index (χ0n) is 10.7. The summed E-state index contributed by atoms with van der Waals surface area (Å²) in [5.74, 6) is 0.0826. The molecule has 0 bridgehead atoms. The number of hydrogen-bond acceptors (Lipinski definition) is 3. The fourth-order valence-electron chi connectivity index (χ4n) is 2.18. The van der Waals surface area contributed by atoms with Crippen molar-refractivity contribution in [3.8, 4) is 0 Å². The normalized spacial score (nSPS) is 22.2. The number of carbonyl (C=O) groups is 1. The maximum absolute atomic E-state index is 12.3. The van der Waals surface area contributed by atoms with Gasteiger partial charge in [0.05, 0.1) is 11.6 Å². The first-order chi connectivity index (χ1) is 7.57. The highest BCUT2D eigenvalue weighted by atomic mass is 16.5. The Balaban J connectivity index is 2.65. The van der Waals surface area contributed by atoms with Gasteiger partial charge < -0.3 is 15.4 Å². The molecule has 0 radical (unpaired) electrons. The first-order valence-corrected chi connectivity index (χ1v) is 6.18. The van der Waals surface area contributed by atoms with Crippen LogP contribution in [0.4, 0.5) is 0 Å². The van der Waals surface area contributed by atoms with Crippen LogP contribution in [0.15, 0.2) is 0 Å². The van der Waals surface area contributed by atoms with Crippen LogP contribution in [-0.4, -0.2) is 42.6 Å². The zero-order chi connectivity index (χ0) is 12.2. The van der Waals surface area contributed by atoms with Crippen molar-refractivity contribution in [2.75, 3.05) is 20.2 Å². The van der Waals surface area contributed by atoms with Crippen LogP contribution in [0.25, 0.3) is 0 Å². The van der Waals surface area contributed by atoms with E-state index in [2.05, 4.69) is 0 Å². The van der Waals surface area contributed by atoms with E-state index in [1.54, 1.807) is 7.11 Å². The second-order valence-corrected chi connectivity index (χ2v) is 4.61. The molecule has 0 saturated carbocycles. The van der Waals surface area contributed by atoms with Crippen molar-refractivity contribution in [1.29, 1.82) is 0 Å². The van der Waals surface area contributed by atoms with E-state index in [1.165, 1.54) is 0 Å². The quantitative estimate of drug-likeness (QED) is 0.785. The largest absolute Gasteiger partial charge is 0.380 e. The van der Waals surface area contributed by atoms with E-state index in [4.69, 9.17) is 10.5 Å². The van der Waals surface area contributed by atoms with Gasteiger partial charge in [-0.2, -0.15) is 0 Å². The minimum absolute atomic E-state index is 0.0826. The molecule has 1 unspecified atom stereocenters. The van der Waals surface area contributed by atoms with Crippen molar-refractivity contribution in [2.45, 2.75) is 51.2 Å². The fraction of sp³-hybridized carbons (Fsp3) is 0.917. The zero-order valence-corrected chi connectivity index (χ0v) is 10.7. The van der Waals surface area contributed by atoms with Crippen molar-refractivity contribution >= 4 is 5.91 Å². The van der Waals surface area contributed by atoms with Gasteiger partial charge >= 0.3 is 0 Å². The minimum Gasteiger partial charge on any atom is -0.380 e. The molecule has 1 saturated heterocycles. The van der Waals surface area contributed by atoms with E-state index in [0.29, 0.717) is 19.4 Å². The number of rotatable bonds is 4. The van der Waals surface area contributed by atoms with Crippen LogP contribution < -0.4 is 5.73 Å². The number of hydrogen-bond donors (Lipinski definition) is 1. The third-order valence-electron chi connectivity index (χ3n) is 3.69. The molecule has 1 fully saturated rings. The van der Waals surface area contributed by atoms with Crippen LogP contribution in [-0.2, 0) is 9.53 Å². The molecule has 0 spiro atoms. The van der Waals surface area contributed by atoms with Crippen molar-refractivity contribution in [3.05, 3.63) is 0 Å². The Kier molecular flexibility index (Phi) is 4.74. The SMILES string of the molecule is CCC(N)(CC)C(=O)N1CCCC(OC)C1. The van der Waals surface area contributed by atoms with Crippen LogP contribution in [0.5, 0.6) is 0 Å². The molecule has 1 aliphatic heterocycles. The van der Waals surface area contributed by atoms with Gasteiger partial charge in [-0.1, -0.05) is 13.8 Å². The number of ether oxygens (including phenoxy) is 1. The van der Waals surface area contributed by atoms with Gasteiger partial charge in [-0.15, -0.1) is 0 Å². The number of methoxy groups -OCH3 is 1. The number of piperidine rings is 1. The van der Waals surface area contributed by atoms with E-state index in [0.717, 1.165) is 19.4 Å². The molecule has 2 N–H and O–H groups in total. The molecule has 16 heavy (non-hydrogen) atoms. The lowest BCUT2D eigenvalue weighted by molar-refractivity contribution is -0.140. The van der Waals surface area contributed by atoms with Crippen molar-refractivity contribution in [3.63, 3.8) is 0 Å². The molecule has 0 aromatic rings. The summed E-state index contributed by atoms with van der Waals surface area (Å²) in [5.41, 5.74) is 5.44. The topological polar surface area (TPSA) is 55.6 Å². The molecule has 1 rings (SSSR count). The maximum atomic E-state index is 12.3. The molecule has 1 amide bonds. The van der Waals surface area contributed by atoms with Gasteiger partial charge in [-0.3, -0.25) is 4.79 Å². The number of carbonyl (C=O) groups excluding carboxylic acids is 1. The van der Waals surface area contributed by atoms with Gasteiger partial charge in [0.1, 0.15) is 0 Å². The third kappa shape index (κ3) is 2.74. The van der Waals surface area contributed by atoms with Gasteiger partial charge in [0, 0.05) is 20.2 Å². The van der Waals surface area contributed by atoms with Crippen LogP contribution in [0.2, 0.25) is 0 Å². The molecular formula is C12H24N2O2. The molecule has 0 aromatic heterocycles. The summed E-state index contributed by atoms with van der Waals surface area (Å²) in [6, 6.07) is 0. The Morgan fingerprint density at radius 3 is 2.62 bits per heavy atom. The summed E-state index contributed by atoms with van der Waals surface area (Å²) in [7, 11) is 1.70. The molecule has 0 aromatic carbocycles. The Morgan fingerprint density at radius 1 is 1.50 bits per heavy atom. The Morgan fingerprint density at radius 2 is 2.12 bits per heavy atom. The molecule has 94 valence electrons. The standard InChI is InChI=1S/C12H24N2O2/c1-4-12(13,5-2)11(15)14-8-6-7-10(9-14)16-3/h10H,4-9,13H2,1-3H3. The average molecular weight is 228 g/mol. The lowest BCUT2D eigenvalue weighted by Gasteiger charge is -2.37. The third-order valence-corrected chi connectivity index (χ3v) is 3.69. The first kappa shape index (κ1) is 13.5.